The Labute approximate surface area is 205 Å². The van der Waals surface area contributed by atoms with E-state index in [1.807, 2.05) is 0 Å². The largest absolute Gasteiger partial charge is 0.459 e. The van der Waals surface area contributed by atoms with Gasteiger partial charge < -0.3 is 14.2 Å². The molecule has 1 aliphatic rings. The summed E-state index contributed by atoms with van der Waals surface area (Å²) >= 11 is 0. The first-order chi connectivity index (χ1) is 17.6. The van der Waals surface area contributed by atoms with Crippen molar-refractivity contribution in [2.45, 2.75) is 30.8 Å². The number of hydrogen-bond acceptors (Lipinski definition) is 7. The highest BCUT2D eigenvalue weighted by atomic mass is 19.4. The molecule has 1 N–H and O–H groups in total. The molecule has 4 rings (SSSR count). The number of alkyl halides is 4. The van der Waals surface area contributed by atoms with Crippen LogP contribution in [0.25, 0.3) is 0 Å². The van der Waals surface area contributed by atoms with Gasteiger partial charge in [-0.05, 0) is 24.3 Å². The zero-order valence-electron chi connectivity index (χ0n) is 18.7. The van der Waals surface area contributed by atoms with Crippen LogP contribution in [0.2, 0.25) is 0 Å². The summed E-state index contributed by atoms with van der Waals surface area (Å²) in [5.74, 6) is -1.81. The summed E-state index contributed by atoms with van der Waals surface area (Å²) in [5.41, 5.74) is -4.68. The number of nitrogens with zero attached hydrogens (tertiary/aromatic N) is 1. The number of halogens is 4. The molecular weight excluding hydrogens is 504 g/mol. The number of nitrogens with one attached hydrogen (secondary N) is 1. The molecule has 3 aromatic rings. The highest BCUT2D eigenvalue weighted by Gasteiger charge is 2.50. The van der Waals surface area contributed by atoms with Crippen LogP contribution >= 0.6 is 0 Å². The Balaban J connectivity index is 1.63. The van der Waals surface area contributed by atoms with Crippen molar-refractivity contribution in [3.05, 3.63) is 104 Å². The van der Waals surface area contributed by atoms with Crippen LogP contribution in [-0.4, -0.2) is 46.5 Å². The van der Waals surface area contributed by atoms with Crippen LogP contribution in [0.3, 0.4) is 0 Å². The number of hydrogen-bond donors (Lipinski definition) is 1. The number of carbonyl (C=O) groups excluding carboxylic acids is 2. The molecule has 1 aliphatic heterocycles. The topological polar surface area (TPSA) is 117 Å². The first-order valence-corrected chi connectivity index (χ1v) is 10.8. The molecule has 13 heteroatoms. The third-order valence-corrected chi connectivity index (χ3v) is 5.46. The van der Waals surface area contributed by atoms with Gasteiger partial charge in [-0.1, -0.05) is 36.4 Å². The molecule has 1 saturated heterocycles. The molecule has 194 valence electrons. The zero-order chi connectivity index (χ0) is 26.7. The number of aromatic amines is 1. The fraction of sp³-hybridized carbons (Fsp3) is 0.250. The Hall–Kier alpha value is -4.26. The van der Waals surface area contributed by atoms with E-state index in [-0.39, 0.29) is 21.9 Å². The average Bonchev–Trinajstić information content (AvgIpc) is 3.17. The van der Waals surface area contributed by atoms with Crippen LogP contribution in [-0.2, 0) is 20.4 Å². The van der Waals surface area contributed by atoms with Crippen molar-refractivity contribution in [1.82, 2.24) is 9.55 Å². The van der Waals surface area contributed by atoms with Gasteiger partial charge in [-0.3, -0.25) is 14.3 Å². The van der Waals surface area contributed by atoms with Crippen LogP contribution in [0.15, 0.2) is 76.4 Å². The monoisotopic (exact) mass is 522 g/mol. The molecule has 0 amide bonds. The van der Waals surface area contributed by atoms with Crippen molar-refractivity contribution in [1.29, 1.82) is 0 Å². The molecule has 0 bridgehead atoms. The normalized spacial score (nSPS) is 21.4. The van der Waals surface area contributed by atoms with Crippen LogP contribution in [0, 0.1) is 0 Å². The third-order valence-electron chi connectivity index (χ3n) is 5.46. The van der Waals surface area contributed by atoms with Gasteiger partial charge in [-0.25, -0.2) is 18.8 Å². The van der Waals surface area contributed by atoms with Gasteiger partial charge in [0.05, 0.1) is 11.1 Å². The van der Waals surface area contributed by atoms with Crippen LogP contribution < -0.4 is 11.2 Å². The maximum Gasteiger partial charge on any atom is 0.423 e. The molecule has 0 saturated carbocycles. The highest BCUT2D eigenvalue weighted by molar-refractivity contribution is 5.90. The van der Waals surface area contributed by atoms with Crippen molar-refractivity contribution >= 4 is 11.9 Å². The van der Waals surface area contributed by atoms with Crippen molar-refractivity contribution in [3.8, 4) is 0 Å². The molecule has 1 aromatic heterocycles. The lowest BCUT2D eigenvalue weighted by atomic mass is 10.1. The van der Waals surface area contributed by atoms with E-state index in [1.165, 1.54) is 41.4 Å². The summed E-state index contributed by atoms with van der Waals surface area (Å²) in [4.78, 5) is 50.3. The van der Waals surface area contributed by atoms with E-state index in [2.05, 4.69) is 0 Å². The van der Waals surface area contributed by atoms with E-state index < -0.39 is 66.1 Å². The molecule has 2 aromatic carbocycles. The summed E-state index contributed by atoms with van der Waals surface area (Å²) < 4.78 is 71.2. The molecule has 0 spiro atoms. The third kappa shape index (κ3) is 5.61. The van der Waals surface area contributed by atoms with E-state index in [1.54, 1.807) is 24.3 Å². The van der Waals surface area contributed by atoms with Crippen molar-refractivity contribution in [2.24, 2.45) is 0 Å². The van der Waals surface area contributed by atoms with E-state index in [9.17, 15) is 32.3 Å². The van der Waals surface area contributed by atoms with E-state index in [4.69, 9.17) is 14.2 Å². The van der Waals surface area contributed by atoms with Gasteiger partial charge in [0.25, 0.3) is 5.56 Å². The Kier molecular flexibility index (Phi) is 7.25. The minimum absolute atomic E-state index is 0.0405. The van der Waals surface area contributed by atoms with Gasteiger partial charge in [0.1, 0.15) is 18.3 Å². The first kappa shape index (κ1) is 25.8. The minimum Gasteiger partial charge on any atom is -0.459 e. The maximum atomic E-state index is 15.5. The lowest BCUT2D eigenvalue weighted by Crippen LogP contribution is -2.40. The summed E-state index contributed by atoms with van der Waals surface area (Å²) in [7, 11) is 0. The number of rotatable bonds is 6. The van der Waals surface area contributed by atoms with Crippen LogP contribution in [0.4, 0.5) is 17.6 Å². The Morgan fingerprint density at radius 3 is 2.08 bits per heavy atom. The minimum atomic E-state index is -5.16. The summed E-state index contributed by atoms with van der Waals surface area (Å²) in [6, 6.07) is 15.1. The first-order valence-electron chi connectivity index (χ1n) is 10.8. The van der Waals surface area contributed by atoms with Gasteiger partial charge in [-0.2, -0.15) is 13.2 Å². The molecule has 1 fully saturated rings. The van der Waals surface area contributed by atoms with Gasteiger partial charge in [-0.15, -0.1) is 0 Å². The summed E-state index contributed by atoms with van der Waals surface area (Å²) in [5, 5.41) is 0. The lowest BCUT2D eigenvalue weighted by Gasteiger charge is -2.19. The second-order valence-electron chi connectivity index (χ2n) is 7.92. The Bertz CT molecular complexity index is 1390. The van der Waals surface area contributed by atoms with Gasteiger partial charge >= 0.3 is 23.8 Å². The van der Waals surface area contributed by atoms with E-state index in [0.29, 0.717) is 0 Å². The number of benzene rings is 2. The Morgan fingerprint density at radius 2 is 1.51 bits per heavy atom. The van der Waals surface area contributed by atoms with Gasteiger partial charge in [0.2, 0.25) is 0 Å². The quantitative estimate of drug-likeness (QED) is 0.391. The van der Waals surface area contributed by atoms with Crippen molar-refractivity contribution in [2.75, 3.05) is 6.61 Å². The number of esters is 2. The fourth-order valence-electron chi connectivity index (χ4n) is 3.65. The van der Waals surface area contributed by atoms with Crippen LogP contribution in [0.5, 0.6) is 0 Å². The standard InChI is InChI=1S/C24H18F4N2O7/c25-17-18(37-22(33)14-9-5-2-6-10-14)16(12-35-21(32)13-7-3-1-4-8-13)36-20(17)30-11-15(24(26,27)28)19(31)29-23(30)34/h1-11,16-18,20H,12H2,(H,29,31,34)/t16-,17-,18?,20-/m1/s1. The van der Waals surface area contributed by atoms with E-state index in [0.717, 1.165) is 0 Å². The molecular formula is C24H18F4N2O7. The zero-order valence-corrected chi connectivity index (χ0v) is 18.7. The predicted molar refractivity (Wildman–Crippen MR) is 118 cm³/mol. The maximum absolute atomic E-state index is 15.5. The second-order valence-corrected chi connectivity index (χ2v) is 7.92. The van der Waals surface area contributed by atoms with E-state index >= 15 is 4.39 Å². The number of aromatic nitrogens is 2. The van der Waals surface area contributed by atoms with Crippen molar-refractivity contribution in [3.63, 3.8) is 0 Å². The van der Waals surface area contributed by atoms with Gasteiger partial charge in [0.15, 0.2) is 18.5 Å². The summed E-state index contributed by atoms with van der Waals surface area (Å²) in [6.07, 6.45) is -12.7. The molecule has 37 heavy (non-hydrogen) atoms. The number of ether oxygens (including phenoxy) is 3. The van der Waals surface area contributed by atoms with Crippen LogP contribution in [0.1, 0.15) is 32.5 Å². The number of H-pyrrole nitrogens is 1. The molecule has 0 radical (unpaired) electrons. The average molecular weight is 522 g/mol. The highest BCUT2D eigenvalue weighted by Crippen LogP contribution is 2.35. The second kappa shape index (κ2) is 10.4. The lowest BCUT2D eigenvalue weighted by molar-refractivity contribution is -0.139. The fourth-order valence-corrected chi connectivity index (χ4v) is 3.65. The van der Waals surface area contributed by atoms with Gasteiger partial charge in [0, 0.05) is 6.20 Å². The SMILES string of the molecule is O=C(OC[C@H]1O[C@@H](n2cc(C(F)(F)F)c(=O)[nH]c2=O)[C@H](F)C1OC(=O)c1ccccc1)c1ccccc1. The number of carbonyl (C=O) groups is 2. The molecule has 2 heterocycles. The Morgan fingerprint density at radius 1 is 0.946 bits per heavy atom. The molecule has 0 aliphatic carbocycles. The molecule has 4 atom stereocenters. The van der Waals surface area contributed by atoms with Crippen molar-refractivity contribution < 1.29 is 41.4 Å². The smallest absolute Gasteiger partial charge is 0.423 e. The summed E-state index contributed by atoms with van der Waals surface area (Å²) in [6.45, 7) is -0.665. The molecule has 9 nitrogen and oxygen atoms in total. The predicted octanol–water partition coefficient (Wildman–Crippen LogP) is 2.87. The molecule has 1 unspecified atom stereocenters.